The second-order valence-corrected chi connectivity index (χ2v) is 9.18. The second-order valence-electron chi connectivity index (χ2n) is 7.31. The number of hydrogen-bond donors (Lipinski definition) is 0. The maximum Gasteiger partial charge on any atom is 0.349 e. The summed E-state index contributed by atoms with van der Waals surface area (Å²) < 4.78 is 34.3. The van der Waals surface area contributed by atoms with E-state index in [9.17, 15) is 18.0 Å². The first-order chi connectivity index (χ1) is 14.2. The minimum Gasteiger partial charge on any atom is -0.422 e. The molecule has 0 bridgehead atoms. The summed E-state index contributed by atoms with van der Waals surface area (Å²) in [6.07, 6.45) is 0. The Bertz CT molecular complexity index is 1300. The first-order valence-corrected chi connectivity index (χ1v) is 11.0. The number of sulfonamides is 1. The fourth-order valence-corrected chi connectivity index (χ4v) is 5.59. The van der Waals surface area contributed by atoms with Crippen molar-refractivity contribution in [1.82, 2.24) is 19.0 Å². The zero-order valence-corrected chi connectivity index (χ0v) is 17.8. The predicted octanol–water partition coefficient (Wildman–Crippen LogP) is 1.29. The van der Waals surface area contributed by atoms with Crippen LogP contribution >= 0.6 is 0 Å². The molecule has 3 heterocycles. The molecule has 0 aliphatic carbocycles. The molecule has 30 heavy (non-hydrogen) atoms. The number of nitrogens with zero attached hydrogens (tertiary/aromatic N) is 4. The third-order valence-electron chi connectivity index (χ3n) is 5.44. The summed E-state index contributed by atoms with van der Waals surface area (Å²) in [5.41, 5.74) is 0.679. The van der Waals surface area contributed by atoms with E-state index in [1.807, 2.05) is 0 Å². The zero-order chi connectivity index (χ0) is 21.6. The molecule has 0 saturated carbocycles. The van der Waals surface area contributed by atoms with Crippen molar-refractivity contribution in [2.24, 2.45) is 7.05 Å². The van der Waals surface area contributed by atoms with Gasteiger partial charge in [-0.2, -0.15) is 9.40 Å². The highest BCUT2D eigenvalue weighted by molar-refractivity contribution is 7.89. The number of hydrogen-bond acceptors (Lipinski definition) is 6. The number of piperazine rings is 1. The highest BCUT2D eigenvalue weighted by atomic mass is 32.2. The molecule has 1 aromatic carbocycles. The Morgan fingerprint density at radius 3 is 2.40 bits per heavy atom. The fraction of sp³-hybridized carbons (Fsp3) is 0.350. The van der Waals surface area contributed by atoms with Gasteiger partial charge in [0.25, 0.3) is 5.91 Å². The van der Waals surface area contributed by atoms with Crippen molar-refractivity contribution >= 4 is 26.9 Å². The number of benzene rings is 1. The first-order valence-electron chi connectivity index (χ1n) is 9.52. The van der Waals surface area contributed by atoms with Crippen molar-refractivity contribution in [3.05, 3.63) is 57.7 Å². The average molecular weight is 430 g/mol. The minimum atomic E-state index is -3.72. The fourth-order valence-electron chi connectivity index (χ4n) is 3.77. The summed E-state index contributed by atoms with van der Waals surface area (Å²) in [6, 6.07) is 8.49. The number of rotatable bonds is 3. The lowest BCUT2D eigenvalue weighted by molar-refractivity contribution is 0.0693. The number of aromatic nitrogens is 2. The van der Waals surface area contributed by atoms with Gasteiger partial charge in [0.05, 0.1) is 11.4 Å². The third kappa shape index (κ3) is 3.31. The van der Waals surface area contributed by atoms with Gasteiger partial charge >= 0.3 is 5.63 Å². The summed E-state index contributed by atoms with van der Waals surface area (Å²) in [5.74, 6) is -0.458. The third-order valence-corrected chi connectivity index (χ3v) is 7.59. The molecule has 2 aromatic heterocycles. The molecule has 1 amide bonds. The van der Waals surface area contributed by atoms with Crippen molar-refractivity contribution in [3.63, 3.8) is 0 Å². The van der Waals surface area contributed by atoms with Crippen LogP contribution in [-0.4, -0.2) is 59.5 Å². The lowest BCUT2D eigenvalue weighted by Gasteiger charge is -2.33. The summed E-state index contributed by atoms with van der Waals surface area (Å²) in [7, 11) is -2.02. The summed E-state index contributed by atoms with van der Waals surface area (Å²) in [4.78, 5) is 26.9. The highest BCUT2D eigenvalue weighted by Crippen LogP contribution is 2.24. The van der Waals surface area contributed by atoms with Gasteiger partial charge in [0.1, 0.15) is 16.0 Å². The van der Waals surface area contributed by atoms with Gasteiger partial charge in [-0.15, -0.1) is 0 Å². The molecule has 3 aromatic rings. The number of carbonyl (C=O) groups excluding carboxylic acids is 1. The molecule has 0 N–H and O–H groups in total. The summed E-state index contributed by atoms with van der Waals surface area (Å²) in [6.45, 7) is 4.03. The Labute approximate surface area is 173 Å². The molecule has 0 atom stereocenters. The van der Waals surface area contributed by atoms with Crippen LogP contribution in [0.25, 0.3) is 11.0 Å². The molecule has 4 rings (SSSR count). The second kappa shape index (κ2) is 7.37. The molecule has 0 spiro atoms. The monoisotopic (exact) mass is 430 g/mol. The van der Waals surface area contributed by atoms with Gasteiger partial charge in [-0.05, 0) is 26.0 Å². The van der Waals surface area contributed by atoms with Crippen molar-refractivity contribution in [1.29, 1.82) is 0 Å². The number of fused-ring (bicyclic) bond motifs is 1. The summed E-state index contributed by atoms with van der Waals surface area (Å²) >= 11 is 0. The Balaban J connectivity index is 1.54. The predicted molar refractivity (Wildman–Crippen MR) is 110 cm³/mol. The van der Waals surface area contributed by atoms with Crippen LogP contribution in [0.1, 0.15) is 21.7 Å². The van der Waals surface area contributed by atoms with E-state index in [1.54, 1.807) is 49.8 Å². The average Bonchev–Trinajstić information content (AvgIpc) is 2.99. The molecule has 0 unspecified atom stereocenters. The van der Waals surface area contributed by atoms with E-state index in [2.05, 4.69) is 5.10 Å². The molecule has 9 nitrogen and oxygen atoms in total. The van der Waals surface area contributed by atoms with Crippen LogP contribution in [0.5, 0.6) is 0 Å². The Hall–Kier alpha value is -2.98. The molecule has 10 heteroatoms. The Morgan fingerprint density at radius 1 is 1.10 bits per heavy atom. The van der Waals surface area contributed by atoms with Crippen molar-refractivity contribution in [2.75, 3.05) is 26.2 Å². The van der Waals surface area contributed by atoms with E-state index >= 15 is 0 Å². The van der Waals surface area contributed by atoms with Crippen LogP contribution in [0.15, 0.2) is 44.4 Å². The van der Waals surface area contributed by atoms with Crippen LogP contribution < -0.4 is 5.63 Å². The molecule has 1 fully saturated rings. The number of aryl methyl sites for hydroxylation is 2. The van der Waals surface area contributed by atoms with Crippen LogP contribution in [0, 0.1) is 13.8 Å². The Kier molecular flexibility index (Phi) is 4.99. The molecule has 1 aliphatic rings. The van der Waals surface area contributed by atoms with Crippen molar-refractivity contribution in [2.45, 2.75) is 18.7 Å². The topological polar surface area (TPSA) is 106 Å². The molecular formula is C20H22N4O5S. The van der Waals surface area contributed by atoms with Crippen LogP contribution in [0.4, 0.5) is 0 Å². The van der Waals surface area contributed by atoms with Gasteiger partial charge in [0, 0.05) is 38.6 Å². The highest BCUT2D eigenvalue weighted by Gasteiger charge is 2.34. The summed E-state index contributed by atoms with van der Waals surface area (Å²) in [5, 5.41) is 4.85. The van der Waals surface area contributed by atoms with E-state index in [0.717, 1.165) is 0 Å². The lowest BCUT2D eigenvalue weighted by Crippen LogP contribution is -2.51. The standard InChI is InChI=1S/C20H22N4O5S/c1-13-18(14(2)22(3)21-13)30(27,28)24-10-8-23(9-11-24)19(25)16-12-15-6-4-5-7-17(15)29-20(16)26/h4-7,12H,8-11H2,1-3H3. The first kappa shape index (κ1) is 20.3. The minimum absolute atomic E-state index is 0.0519. The maximum atomic E-state index is 13.1. The van der Waals surface area contributed by atoms with E-state index in [1.165, 1.54) is 15.3 Å². The molecule has 1 saturated heterocycles. The van der Waals surface area contributed by atoms with E-state index < -0.39 is 21.6 Å². The van der Waals surface area contributed by atoms with Crippen molar-refractivity contribution < 1.29 is 17.6 Å². The van der Waals surface area contributed by atoms with Gasteiger partial charge in [0.15, 0.2) is 0 Å². The van der Waals surface area contributed by atoms with E-state index in [4.69, 9.17) is 4.42 Å². The lowest BCUT2D eigenvalue weighted by atomic mass is 10.1. The van der Waals surface area contributed by atoms with Gasteiger partial charge < -0.3 is 9.32 Å². The quantitative estimate of drug-likeness (QED) is 0.580. The molecular weight excluding hydrogens is 408 g/mol. The van der Waals surface area contributed by atoms with Gasteiger partial charge in [-0.25, -0.2) is 13.2 Å². The van der Waals surface area contributed by atoms with Crippen LogP contribution in [-0.2, 0) is 17.1 Å². The molecule has 0 radical (unpaired) electrons. The normalized spacial score (nSPS) is 15.6. The smallest absolute Gasteiger partial charge is 0.349 e. The number of para-hydroxylation sites is 1. The molecule has 158 valence electrons. The Morgan fingerprint density at radius 2 is 1.77 bits per heavy atom. The molecule has 1 aliphatic heterocycles. The van der Waals surface area contributed by atoms with Crippen LogP contribution in [0.2, 0.25) is 0 Å². The van der Waals surface area contributed by atoms with Gasteiger partial charge in [0.2, 0.25) is 10.0 Å². The van der Waals surface area contributed by atoms with Gasteiger partial charge in [-0.3, -0.25) is 9.48 Å². The number of amides is 1. The maximum absolute atomic E-state index is 13.1. The van der Waals surface area contributed by atoms with E-state index in [0.29, 0.717) is 22.4 Å². The number of carbonyl (C=O) groups is 1. The largest absolute Gasteiger partial charge is 0.422 e. The van der Waals surface area contributed by atoms with Crippen LogP contribution in [0.3, 0.4) is 0 Å². The zero-order valence-electron chi connectivity index (χ0n) is 17.0. The van der Waals surface area contributed by atoms with E-state index in [-0.39, 0.29) is 36.6 Å². The SMILES string of the molecule is Cc1nn(C)c(C)c1S(=O)(=O)N1CCN(C(=O)c2cc3ccccc3oc2=O)CC1. The van der Waals surface area contributed by atoms with Crippen molar-refractivity contribution in [3.8, 4) is 0 Å². The van der Waals surface area contributed by atoms with Gasteiger partial charge in [-0.1, -0.05) is 18.2 Å².